The van der Waals surface area contributed by atoms with Gasteiger partial charge in [-0.2, -0.15) is 9.36 Å². The predicted molar refractivity (Wildman–Crippen MR) is 72.7 cm³/mol. The van der Waals surface area contributed by atoms with Gasteiger partial charge in [0, 0.05) is 36.3 Å². The molecule has 4 nitrogen and oxygen atoms in total. The summed E-state index contributed by atoms with van der Waals surface area (Å²) in [5.74, 6) is -0.954. The van der Waals surface area contributed by atoms with Crippen molar-refractivity contribution in [1.82, 2.24) is 9.36 Å². The molecule has 1 aromatic heterocycles. The van der Waals surface area contributed by atoms with Crippen molar-refractivity contribution in [1.29, 1.82) is 0 Å². The van der Waals surface area contributed by atoms with Crippen molar-refractivity contribution in [2.75, 3.05) is 18.0 Å². The summed E-state index contributed by atoms with van der Waals surface area (Å²) in [5, 5.41) is 10.2. The van der Waals surface area contributed by atoms with Crippen molar-refractivity contribution in [2.45, 2.75) is 18.9 Å². The molecule has 0 unspecified atom stereocenters. The van der Waals surface area contributed by atoms with E-state index in [9.17, 15) is 13.9 Å². The van der Waals surface area contributed by atoms with Crippen LogP contribution in [0.5, 0.6) is 0 Å². The second-order valence-electron chi connectivity index (χ2n) is 4.78. The second kappa shape index (κ2) is 5.41. The summed E-state index contributed by atoms with van der Waals surface area (Å²) in [6.07, 6.45) is 1.14. The van der Waals surface area contributed by atoms with Crippen LogP contribution in [0.1, 0.15) is 12.8 Å². The molecule has 0 aliphatic carbocycles. The van der Waals surface area contributed by atoms with Gasteiger partial charge in [-0.25, -0.2) is 8.78 Å². The quantitative estimate of drug-likeness (QED) is 0.925. The molecule has 1 fully saturated rings. The van der Waals surface area contributed by atoms with E-state index in [2.05, 4.69) is 9.36 Å². The minimum Gasteiger partial charge on any atom is -0.393 e. The zero-order valence-corrected chi connectivity index (χ0v) is 11.4. The molecular formula is C13H13F2N3OS. The van der Waals surface area contributed by atoms with E-state index in [1.807, 2.05) is 4.90 Å². The maximum absolute atomic E-state index is 13.2. The Balaban J connectivity index is 1.83. The fourth-order valence-electron chi connectivity index (χ4n) is 2.20. The topological polar surface area (TPSA) is 49.2 Å². The Morgan fingerprint density at radius 3 is 2.45 bits per heavy atom. The van der Waals surface area contributed by atoms with Crippen LogP contribution in [0.25, 0.3) is 11.4 Å². The molecule has 20 heavy (non-hydrogen) atoms. The van der Waals surface area contributed by atoms with Gasteiger partial charge < -0.3 is 10.0 Å². The molecule has 0 bridgehead atoms. The second-order valence-corrected chi connectivity index (χ2v) is 5.51. The van der Waals surface area contributed by atoms with Crippen molar-refractivity contribution in [3.63, 3.8) is 0 Å². The van der Waals surface area contributed by atoms with Gasteiger partial charge in [-0.1, -0.05) is 0 Å². The van der Waals surface area contributed by atoms with E-state index < -0.39 is 11.6 Å². The van der Waals surface area contributed by atoms with Gasteiger partial charge >= 0.3 is 0 Å². The van der Waals surface area contributed by atoms with Gasteiger partial charge in [-0.15, -0.1) is 0 Å². The molecule has 2 heterocycles. The van der Waals surface area contributed by atoms with Crippen LogP contribution in [-0.2, 0) is 0 Å². The third-order valence-corrected chi connectivity index (χ3v) is 4.05. The lowest BCUT2D eigenvalue weighted by Gasteiger charge is -2.28. The molecule has 0 amide bonds. The standard InChI is InChI=1S/C13H13F2N3OS/c14-9-5-8(6-10(15)7-9)12-16-13(20-17-12)18-3-1-11(19)2-4-18/h5-7,11,19H,1-4H2. The van der Waals surface area contributed by atoms with Crippen LogP contribution in [0.2, 0.25) is 0 Å². The van der Waals surface area contributed by atoms with Crippen LogP contribution in [0.4, 0.5) is 13.9 Å². The lowest BCUT2D eigenvalue weighted by molar-refractivity contribution is 0.145. The molecule has 0 atom stereocenters. The number of aliphatic hydroxyl groups is 1. The van der Waals surface area contributed by atoms with Gasteiger partial charge in [0.05, 0.1) is 6.10 Å². The molecule has 1 aliphatic heterocycles. The number of aliphatic hydroxyl groups excluding tert-OH is 1. The van der Waals surface area contributed by atoms with E-state index in [-0.39, 0.29) is 6.10 Å². The Morgan fingerprint density at radius 2 is 1.80 bits per heavy atom. The van der Waals surface area contributed by atoms with Gasteiger partial charge in [-0.3, -0.25) is 0 Å². The normalized spacial score (nSPS) is 16.6. The van der Waals surface area contributed by atoms with E-state index in [1.165, 1.54) is 23.7 Å². The monoisotopic (exact) mass is 297 g/mol. The first-order valence-electron chi connectivity index (χ1n) is 6.35. The van der Waals surface area contributed by atoms with Crippen molar-refractivity contribution < 1.29 is 13.9 Å². The third kappa shape index (κ3) is 2.78. The lowest BCUT2D eigenvalue weighted by atomic mass is 10.1. The Morgan fingerprint density at radius 1 is 1.15 bits per heavy atom. The lowest BCUT2D eigenvalue weighted by Crippen LogP contribution is -2.35. The molecule has 1 aliphatic rings. The van der Waals surface area contributed by atoms with Crippen molar-refractivity contribution in [3.8, 4) is 11.4 Å². The molecule has 1 N–H and O–H groups in total. The van der Waals surface area contributed by atoms with Crippen molar-refractivity contribution >= 4 is 16.7 Å². The van der Waals surface area contributed by atoms with E-state index in [0.29, 0.717) is 37.3 Å². The highest BCUT2D eigenvalue weighted by atomic mass is 32.1. The van der Waals surface area contributed by atoms with E-state index >= 15 is 0 Å². The number of rotatable bonds is 2. The van der Waals surface area contributed by atoms with Crippen LogP contribution in [0.15, 0.2) is 18.2 Å². The smallest absolute Gasteiger partial charge is 0.205 e. The summed E-state index contributed by atoms with van der Waals surface area (Å²) in [7, 11) is 0. The molecule has 2 aromatic rings. The summed E-state index contributed by atoms with van der Waals surface area (Å²) >= 11 is 1.20. The van der Waals surface area contributed by atoms with E-state index in [0.717, 1.165) is 11.2 Å². The highest BCUT2D eigenvalue weighted by Gasteiger charge is 2.20. The zero-order valence-electron chi connectivity index (χ0n) is 10.6. The van der Waals surface area contributed by atoms with Gasteiger partial charge in [0.25, 0.3) is 0 Å². The van der Waals surface area contributed by atoms with Gasteiger partial charge in [0.1, 0.15) is 11.6 Å². The van der Waals surface area contributed by atoms with Gasteiger partial charge in [0.2, 0.25) is 5.13 Å². The molecule has 0 spiro atoms. The molecule has 106 valence electrons. The molecule has 3 rings (SSSR count). The maximum Gasteiger partial charge on any atom is 0.205 e. The molecule has 0 radical (unpaired) electrons. The number of aromatic nitrogens is 2. The number of benzene rings is 1. The number of hydrogen-bond donors (Lipinski definition) is 1. The SMILES string of the molecule is OC1CCN(c2nc(-c3cc(F)cc(F)c3)ns2)CC1. The number of hydrogen-bond acceptors (Lipinski definition) is 5. The highest BCUT2D eigenvalue weighted by molar-refractivity contribution is 7.09. The Hall–Kier alpha value is -1.60. The minimum atomic E-state index is -0.641. The van der Waals surface area contributed by atoms with Gasteiger partial charge in [-0.05, 0) is 25.0 Å². The third-order valence-electron chi connectivity index (χ3n) is 3.27. The van der Waals surface area contributed by atoms with Crippen molar-refractivity contribution in [2.24, 2.45) is 0 Å². The van der Waals surface area contributed by atoms with Crippen LogP contribution < -0.4 is 4.90 Å². The highest BCUT2D eigenvalue weighted by Crippen LogP contribution is 2.27. The Labute approximate surface area is 118 Å². The summed E-state index contributed by atoms with van der Waals surface area (Å²) in [5.41, 5.74) is 0.335. The average molecular weight is 297 g/mol. The van der Waals surface area contributed by atoms with Crippen LogP contribution in [0.3, 0.4) is 0 Å². The molecular weight excluding hydrogens is 284 g/mol. The number of halogens is 2. The fraction of sp³-hybridized carbons (Fsp3) is 0.385. The largest absolute Gasteiger partial charge is 0.393 e. The summed E-state index contributed by atoms with van der Waals surface area (Å²) in [6, 6.07) is 3.26. The Kier molecular flexibility index (Phi) is 3.62. The molecule has 1 aromatic carbocycles. The van der Waals surface area contributed by atoms with Crippen LogP contribution >= 0.6 is 11.5 Å². The maximum atomic E-state index is 13.2. The summed E-state index contributed by atoms with van der Waals surface area (Å²) < 4.78 is 30.5. The minimum absolute atomic E-state index is 0.254. The first-order chi connectivity index (χ1) is 9.61. The first kappa shape index (κ1) is 13.4. The van der Waals surface area contributed by atoms with E-state index in [1.54, 1.807) is 0 Å². The average Bonchev–Trinajstić information content (AvgIpc) is 2.88. The Bertz CT molecular complexity index is 591. The number of anilines is 1. The number of piperidine rings is 1. The number of nitrogens with zero attached hydrogens (tertiary/aromatic N) is 3. The fourth-order valence-corrected chi connectivity index (χ4v) is 2.94. The molecule has 0 saturated carbocycles. The predicted octanol–water partition coefficient (Wildman–Crippen LogP) is 2.44. The molecule has 1 saturated heterocycles. The first-order valence-corrected chi connectivity index (χ1v) is 7.12. The molecule has 7 heteroatoms. The summed E-state index contributed by atoms with van der Waals surface area (Å²) in [6.45, 7) is 1.43. The zero-order chi connectivity index (χ0) is 14.1. The van der Waals surface area contributed by atoms with E-state index in [4.69, 9.17) is 0 Å². The van der Waals surface area contributed by atoms with Gasteiger partial charge in [0.15, 0.2) is 5.82 Å². The van der Waals surface area contributed by atoms with Crippen molar-refractivity contribution in [3.05, 3.63) is 29.8 Å². The van der Waals surface area contributed by atoms with Crippen LogP contribution in [0, 0.1) is 11.6 Å². The summed E-state index contributed by atoms with van der Waals surface area (Å²) in [4.78, 5) is 6.36. The van der Waals surface area contributed by atoms with Crippen LogP contribution in [-0.4, -0.2) is 33.7 Å².